The summed E-state index contributed by atoms with van der Waals surface area (Å²) in [5.74, 6) is 0.566. The van der Waals surface area contributed by atoms with E-state index in [4.69, 9.17) is 0 Å². The first kappa shape index (κ1) is 16.0. The second-order valence-electron chi connectivity index (χ2n) is 6.69. The zero-order valence-electron chi connectivity index (χ0n) is 13.7. The van der Waals surface area contributed by atoms with Crippen LogP contribution in [-0.4, -0.2) is 32.0 Å². The molecule has 2 atom stereocenters. The number of rotatable bonds is 4. The Morgan fingerprint density at radius 3 is 2.78 bits per heavy atom. The SMILES string of the molecule is CNC(=O)c1ccc(CNC(=O)[C@@]23CCCC[C@H]2CNC3)cc1. The van der Waals surface area contributed by atoms with Crippen LogP contribution in [0.1, 0.15) is 41.6 Å². The first-order valence-electron chi connectivity index (χ1n) is 8.46. The van der Waals surface area contributed by atoms with Gasteiger partial charge in [0, 0.05) is 25.7 Å². The molecule has 1 heterocycles. The van der Waals surface area contributed by atoms with Crippen molar-refractivity contribution in [2.24, 2.45) is 11.3 Å². The third-order valence-electron chi connectivity index (χ3n) is 5.39. The molecule has 2 amide bonds. The molecule has 1 aliphatic heterocycles. The summed E-state index contributed by atoms with van der Waals surface area (Å²) in [5, 5.41) is 9.12. The van der Waals surface area contributed by atoms with Crippen molar-refractivity contribution >= 4 is 11.8 Å². The van der Waals surface area contributed by atoms with Crippen molar-refractivity contribution in [3.05, 3.63) is 35.4 Å². The molecule has 5 heteroatoms. The van der Waals surface area contributed by atoms with Gasteiger partial charge in [0.05, 0.1) is 5.41 Å². The molecule has 0 bridgehead atoms. The second kappa shape index (κ2) is 6.71. The molecule has 2 fully saturated rings. The molecule has 5 nitrogen and oxygen atoms in total. The van der Waals surface area contributed by atoms with Crippen molar-refractivity contribution < 1.29 is 9.59 Å². The van der Waals surface area contributed by atoms with Gasteiger partial charge in [0.1, 0.15) is 0 Å². The van der Waals surface area contributed by atoms with Crippen LogP contribution in [0.15, 0.2) is 24.3 Å². The Morgan fingerprint density at radius 2 is 2.04 bits per heavy atom. The molecule has 3 N–H and O–H groups in total. The molecule has 23 heavy (non-hydrogen) atoms. The Morgan fingerprint density at radius 1 is 1.26 bits per heavy atom. The van der Waals surface area contributed by atoms with E-state index in [1.54, 1.807) is 19.2 Å². The van der Waals surface area contributed by atoms with Gasteiger partial charge in [0.25, 0.3) is 5.91 Å². The summed E-state index contributed by atoms with van der Waals surface area (Å²) in [6.45, 7) is 2.29. The highest BCUT2D eigenvalue weighted by molar-refractivity contribution is 5.94. The number of hydrogen-bond donors (Lipinski definition) is 3. The lowest BCUT2D eigenvalue weighted by atomic mass is 9.67. The first-order valence-corrected chi connectivity index (χ1v) is 8.46. The average molecular weight is 315 g/mol. The summed E-state index contributed by atoms with van der Waals surface area (Å²) in [5.41, 5.74) is 1.44. The fourth-order valence-electron chi connectivity index (χ4n) is 3.97. The maximum Gasteiger partial charge on any atom is 0.251 e. The Kier molecular flexibility index (Phi) is 4.66. The third kappa shape index (κ3) is 3.11. The monoisotopic (exact) mass is 315 g/mol. The summed E-state index contributed by atoms with van der Waals surface area (Å²) >= 11 is 0. The summed E-state index contributed by atoms with van der Waals surface area (Å²) in [6, 6.07) is 7.37. The largest absolute Gasteiger partial charge is 0.355 e. The molecular formula is C18H25N3O2. The smallest absolute Gasteiger partial charge is 0.251 e. The van der Waals surface area contributed by atoms with Gasteiger partial charge in [0.15, 0.2) is 0 Å². The lowest BCUT2D eigenvalue weighted by Crippen LogP contribution is -2.47. The van der Waals surface area contributed by atoms with Crippen molar-refractivity contribution in [1.82, 2.24) is 16.0 Å². The molecule has 0 spiro atoms. The Bertz CT molecular complexity index is 584. The van der Waals surface area contributed by atoms with Crippen molar-refractivity contribution in [3.63, 3.8) is 0 Å². The van der Waals surface area contributed by atoms with Crippen LogP contribution in [-0.2, 0) is 11.3 Å². The topological polar surface area (TPSA) is 70.2 Å². The first-order chi connectivity index (χ1) is 11.2. The van der Waals surface area contributed by atoms with Crippen LogP contribution < -0.4 is 16.0 Å². The van der Waals surface area contributed by atoms with Crippen LogP contribution in [0.3, 0.4) is 0 Å². The van der Waals surface area contributed by atoms with Gasteiger partial charge in [0.2, 0.25) is 5.91 Å². The summed E-state index contributed by atoms with van der Waals surface area (Å²) < 4.78 is 0. The van der Waals surface area contributed by atoms with E-state index >= 15 is 0 Å². The highest BCUT2D eigenvalue weighted by Crippen LogP contribution is 2.43. The van der Waals surface area contributed by atoms with E-state index in [9.17, 15) is 9.59 Å². The molecule has 3 rings (SSSR count). The minimum Gasteiger partial charge on any atom is -0.355 e. The number of carbonyl (C=O) groups excluding carboxylic acids is 2. The predicted octanol–water partition coefficient (Wildman–Crippen LogP) is 1.44. The fourth-order valence-corrected chi connectivity index (χ4v) is 3.97. The number of hydrogen-bond acceptors (Lipinski definition) is 3. The van der Waals surface area contributed by atoms with Crippen molar-refractivity contribution in [2.75, 3.05) is 20.1 Å². The minimum atomic E-state index is -0.208. The van der Waals surface area contributed by atoms with Crippen LogP contribution >= 0.6 is 0 Å². The van der Waals surface area contributed by atoms with E-state index in [1.807, 2.05) is 12.1 Å². The van der Waals surface area contributed by atoms with Gasteiger partial charge >= 0.3 is 0 Å². The van der Waals surface area contributed by atoms with Crippen LogP contribution in [0.5, 0.6) is 0 Å². The molecule has 1 aromatic rings. The molecule has 2 aliphatic rings. The normalized spacial score (nSPS) is 26.4. The number of nitrogens with one attached hydrogen (secondary N) is 3. The van der Waals surface area contributed by atoms with Gasteiger partial charge in [-0.05, 0) is 43.0 Å². The van der Waals surface area contributed by atoms with Gasteiger partial charge in [-0.2, -0.15) is 0 Å². The van der Waals surface area contributed by atoms with E-state index in [1.165, 1.54) is 6.42 Å². The zero-order chi connectivity index (χ0) is 16.3. The quantitative estimate of drug-likeness (QED) is 0.787. The lowest BCUT2D eigenvalue weighted by molar-refractivity contribution is -0.134. The number of fused-ring (bicyclic) bond motifs is 1. The predicted molar refractivity (Wildman–Crippen MR) is 88.9 cm³/mol. The molecule has 1 saturated carbocycles. The number of carbonyl (C=O) groups is 2. The van der Waals surface area contributed by atoms with Crippen LogP contribution in [0, 0.1) is 11.3 Å². The Hall–Kier alpha value is -1.88. The number of amides is 2. The molecule has 1 aromatic carbocycles. The Balaban J connectivity index is 1.61. The standard InChI is InChI=1S/C18H25N3O2/c1-19-16(22)14-7-5-13(6-8-14)10-21-17(23)18-9-3-2-4-15(18)11-20-12-18/h5-8,15,20H,2-4,9-12H2,1H3,(H,19,22)(H,21,23)/t15-,18+/m0/s1. The van der Waals surface area contributed by atoms with Gasteiger partial charge in [-0.15, -0.1) is 0 Å². The minimum absolute atomic E-state index is 0.0958. The lowest BCUT2D eigenvalue weighted by Gasteiger charge is -2.37. The summed E-state index contributed by atoms with van der Waals surface area (Å²) in [6.07, 6.45) is 4.53. The molecule has 124 valence electrons. The second-order valence-corrected chi connectivity index (χ2v) is 6.69. The maximum atomic E-state index is 12.8. The van der Waals surface area contributed by atoms with E-state index in [0.717, 1.165) is 37.9 Å². The Labute approximate surface area is 137 Å². The van der Waals surface area contributed by atoms with Gasteiger partial charge in [-0.1, -0.05) is 25.0 Å². The number of benzene rings is 1. The average Bonchev–Trinajstić information content (AvgIpc) is 3.04. The van der Waals surface area contributed by atoms with Gasteiger partial charge in [-0.25, -0.2) is 0 Å². The van der Waals surface area contributed by atoms with Crippen molar-refractivity contribution in [2.45, 2.75) is 32.2 Å². The third-order valence-corrected chi connectivity index (χ3v) is 5.39. The maximum absolute atomic E-state index is 12.8. The van der Waals surface area contributed by atoms with E-state index in [2.05, 4.69) is 16.0 Å². The highest BCUT2D eigenvalue weighted by Gasteiger charge is 2.49. The van der Waals surface area contributed by atoms with Gasteiger partial charge in [-0.3, -0.25) is 9.59 Å². The molecule has 0 radical (unpaired) electrons. The van der Waals surface area contributed by atoms with E-state index in [-0.39, 0.29) is 17.2 Å². The van der Waals surface area contributed by atoms with Crippen LogP contribution in [0.4, 0.5) is 0 Å². The summed E-state index contributed by atoms with van der Waals surface area (Å²) in [4.78, 5) is 24.3. The summed E-state index contributed by atoms with van der Waals surface area (Å²) in [7, 11) is 1.62. The zero-order valence-corrected chi connectivity index (χ0v) is 13.7. The van der Waals surface area contributed by atoms with E-state index in [0.29, 0.717) is 18.0 Å². The highest BCUT2D eigenvalue weighted by atomic mass is 16.2. The molecule has 1 aliphatic carbocycles. The molecule has 1 saturated heterocycles. The molecular weight excluding hydrogens is 290 g/mol. The van der Waals surface area contributed by atoms with Crippen molar-refractivity contribution in [1.29, 1.82) is 0 Å². The fraction of sp³-hybridized carbons (Fsp3) is 0.556. The molecule has 0 unspecified atom stereocenters. The molecule has 0 aromatic heterocycles. The van der Waals surface area contributed by atoms with Crippen LogP contribution in [0.25, 0.3) is 0 Å². The van der Waals surface area contributed by atoms with E-state index < -0.39 is 0 Å². The van der Waals surface area contributed by atoms with Gasteiger partial charge < -0.3 is 16.0 Å². The van der Waals surface area contributed by atoms with Crippen LogP contribution in [0.2, 0.25) is 0 Å². The van der Waals surface area contributed by atoms with Crippen molar-refractivity contribution in [3.8, 4) is 0 Å².